The second-order valence-corrected chi connectivity index (χ2v) is 4.77. The van der Waals surface area contributed by atoms with Crippen molar-refractivity contribution in [1.82, 2.24) is 10.3 Å². The summed E-state index contributed by atoms with van der Waals surface area (Å²) in [7, 11) is 0. The Balaban J connectivity index is 2.27. The molecule has 0 aromatic carbocycles. The Morgan fingerprint density at radius 2 is 2.28 bits per heavy atom. The van der Waals surface area contributed by atoms with Gasteiger partial charge < -0.3 is 5.32 Å². The zero-order chi connectivity index (χ0) is 12.8. The monoisotopic (exact) mass is 248 g/mol. The lowest BCUT2D eigenvalue weighted by Gasteiger charge is -2.22. The fourth-order valence-corrected chi connectivity index (χ4v) is 2.57. The van der Waals surface area contributed by atoms with Crippen LogP contribution in [0.25, 0.3) is 0 Å². The fourth-order valence-electron chi connectivity index (χ4n) is 2.57. The van der Waals surface area contributed by atoms with Crippen LogP contribution in [-0.2, 0) is 0 Å². The molecule has 0 radical (unpaired) electrons. The second-order valence-electron chi connectivity index (χ2n) is 4.77. The van der Waals surface area contributed by atoms with Gasteiger partial charge in [0.15, 0.2) is 0 Å². The van der Waals surface area contributed by atoms with E-state index in [0.717, 1.165) is 24.9 Å². The Labute approximate surface area is 108 Å². The Kier molecular flexibility index (Phi) is 4.88. The van der Waals surface area contributed by atoms with Gasteiger partial charge in [-0.2, -0.15) is 0 Å². The minimum Gasteiger partial charge on any atom is -0.307 e. The third-order valence-corrected chi connectivity index (χ3v) is 3.47. The number of rotatable bonds is 4. The quantitative estimate of drug-likeness (QED) is 0.821. The molecule has 1 aliphatic rings. The van der Waals surface area contributed by atoms with Gasteiger partial charge in [-0.25, -0.2) is 4.39 Å². The lowest BCUT2D eigenvalue weighted by molar-refractivity contribution is 0.537. The molecule has 1 N–H and O–H groups in total. The standard InChI is InChI=1S/C15H21FN2/c1-2-18-15(12-7-5-3-4-6-8-12)13-9-10-17-11-14(13)16/h7,9-11,15,18H,2-6,8H2,1H3. The summed E-state index contributed by atoms with van der Waals surface area (Å²) in [5.41, 5.74) is 2.06. The number of pyridine rings is 1. The molecule has 1 aliphatic carbocycles. The Morgan fingerprint density at radius 3 is 3.06 bits per heavy atom. The third kappa shape index (κ3) is 3.16. The van der Waals surface area contributed by atoms with E-state index in [-0.39, 0.29) is 11.9 Å². The maximum Gasteiger partial charge on any atom is 0.146 e. The molecule has 2 rings (SSSR count). The first-order chi connectivity index (χ1) is 8.83. The topological polar surface area (TPSA) is 24.9 Å². The van der Waals surface area contributed by atoms with E-state index in [1.165, 1.54) is 31.0 Å². The highest BCUT2D eigenvalue weighted by Crippen LogP contribution is 2.30. The predicted octanol–water partition coefficient (Wildman–Crippen LogP) is 3.76. The van der Waals surface area contributed by atoms with Gasteiger partial charge in [0.2, 0.25) is 0 Å². The molecule has 0 fully saturated rings. The van der Waals surface area contributed by atoms with Crippen LogP contribution in [0.15, 0.2) is 30.1 Å². The summed E-state index contributed by atoms with van der Waals surface area (Å²) >= 11 is 0. The van der Waals surface area contributed by atoms with Gasteiger partial charge in [-0.1, -0.05) is 25.0 Å². The Bertz CT molecular complexity index is 415. The molecule has 1 unspecified atom stereocenters. The van der Waals surface area contributed by atoms with Gasteiger partial charge in [0, 0.05) is 11.8 Å². The Morgan fingerprint density at radius 1 is 1.39 bits per heavy atom. The molecule has 18 heavy (non-hydrogen) atoms. The molecular formula is C15H21FN2. The van der Waals surface area contributed by atoms with E-state index in [4.69, 9.17) is 0 Å². The summed E-state index contributed by atoms with van der Waals surface area (Å²) in [5, 5.41) is 3.40. The highest BCUT2D eigenvalue weighted by Gasteiger charge is 2.19. The number of aromatic nitrogens is 1. The smallest absolute Gasteiger partial charge is 0.146 e. The first kappa shape index (κ1) is 13.2. The number of nitrogens with one attached hydrogen (secondary N) is 1. The van der Waals surface area contributed by atoms with E-state index >= 15 is 0 Å². The molecule has 0 bridgehead atoms. The molecule has 0 amide bonds. The van der Waals surface area contributed by atoms with E-state index < -0.39 is 0 Å². The van der Waals surface area contributed by atoms with Gasteiger partial charge in [0.05, 0.1) is 12.2 Å². The summed E-state index contributed by atoms with van der Waals surface area (Å²) in [4.78, 5) is 3.83. The van der Waals surface area contributed by atoms with Gasteiger partial charge >= 0.3 is 0 Å². The normalized spacial score (nSPS) is 18.0. The molecule has 1 aromatic rings. The van der Waals surface area contributed by atoms with Crippen molar-refractivity contribution < 1.29 is 4.39 Å². The fraction of sp³-hybridized carbons (Fsp3) is 0.533. The second kappa shape index (κ2) is 6.64. The van der Waals surface area contributed by atoms with Crippen LogP contribution in [0.3, 0.4) is 0 Å². The van der Waals surface area contributed by atoms with Crippen LogP contribution >= 0.6 is 0 Å². The van der Waals surface area contributed by atoms with Gasteiger partial charge in [-0.15, -0.1) is 0 Å². The number of halogens is 1. The third-order valence-electron chi connectivity index (χ3n) is 3.47. The molecule has 1 heterocycles. The van der Waals surface area contributed by atoms with Crippen LogP contribution in [0, 0.1) is 5.82 Å². The molecule has 1 aromatic heterocycles. The largest absolute Gasteiger partial charge is 0.307 e. The lowest BCUT2D eigenvalue weighted by atomic mass is 9.95. The van der Waals surface area contributed by atoms with Crippen molar-refractivity contribution in [3.05, 3.63) is 41.5 Å². The van der Waals surface area contributed by atoms with Crippen molar-refractivity contribution in [2.24, 2.45) is 0 Å². The van der Waals surface area contributed by atoms with E-state index in [2.05, 4.69) is 23.3 Å². The van der Waals surface area contributed by atoms with E-state index in [0.29, 0.717) is 0 Å². The maximum absolute atomic E-state index is 13.9. The van der Waals surface area contributed by atoms with Crippen molar-refractivity contribution in [2.45, 2.75) is 45.1 Å². The average molecular weight is 248 g/mol. The van der Waals surface area contributed by atoms with E-state index in [1.807, 2.05) is 0 Å². The number of hydrogen-bond donors (Lipinski definition) is 1. The number of allylic oxidation sites excluding steroid dienone is 1. The van der Waals surface area contributed by atoms with Crippen LogP contribution in [0.4, 0.5) is 4.39 Å². The summed E-state index contributed by atoms with van der Waals surface area (Å²) in [5.74, 6) is -0.214. The minimum absolute atomic E-state index is 0.0103. The minimum atomic E-state index is -0.214. The Hall–Kier alpha value is -1.22. The van der Waals surface area contributed by atoms with Crippen LogP contribution in [-0.4, -0.2) is 11.5 Å². The predicted molar refractivity (Wildman–Crippen MR) is 71.8 cm³/mol. The molecule has 1 atom stereocenters. The average Bonchev–Trinajstić information content (AvgIpc) is 2.66. The first-order valence-corrected chi connectivity index (χ1v) is 6.84. The summed E-state index contributed by atoms with van der Waals surface area (Å²) in [6.07, 6.45) is 11.2. The molecule has 2 nitrogen and oxygen atoms in total. The zero-order valence-electron chi connectivity index (χ0n) is 11.0. The first-order valence-electron chi connectivity index (χ1n) is 6.84. The van der Waals surface area contributed by atoms with Gasteiger partial charge in [0.1, 0.15) is 5.82 Å². The summed E-state index contributed by atoms with van der Waals surface area (Å²) in [6, 6.07) is 1.80. The molecule has 0 saturated heterocycles. The lowest BCUT2D eigenvalue weighted by Crippen LogP contribution is -2.24. The highest BCUT2D eigenvalue weighted by molar-refractivity contribution is 5.28. The SMILES string of the molecule is CCNC(C1=CCCCCC1)c1ccncc1F. The van der Waals surface area contributed by atoms with Crippen molar-refractivity contribution in [2.75, 3.05) is 6.54 Å². The van der Waals surface area contributed by atoms with Crippen LogP contribution < -0.4 is 5.32 Å². The number of hydrogen-bond acceptors (Lipinski definition) is 2. The van der Waals surface area contributed by atoms with Crippen molar-refractivity contribution >= 4 is 0 Å². The molecule has 0 aliphatic heterocycles. The molecule has 0 saturated carbocycles. The van der Waals surface area contributed by atoms with Gasteiger partial charge in [-0.05, 0) is 38.3 Å². The van der Waals surface area contributed by atoms with Crippen molar-refractivity contribution in [3.8, 4) is 0 Å². The highest BCUT2D eigenvalue weighted by atomic mass is 19.1. The maximum atomic E-state index is 13.9. The zero-order valence-corrected chi connectivity index (χ0v) is 11.0. The van der Waals surface area contributed by atoms with Crippen LogP contribution in [0.5, 0.6) is 0 Å². The molecular weight excluding hydrogens is 227 g/mol. The number of nitrogens with zero attached hydrogens (tertiary/aromatic N) is 1. The summed E-state index contributed by atoms with van der Waals surface area (Å²) in [6.45, 7) is 2.90. The molecule has 98 valence electrons. The molecule has 3 heteroatoms. The van der Waals surface area contributed by atoms with Gasteiger partial charge in [-0.3, -0.25) is 4.98 Å². The summed E-state index contributed by atoms with van der Waals surface area (Å²) < 4.78 is 13.9. The van der Waals surface area contributed by atoms with Crippen LogP contribution in [0.2, 0.25) is 0 Å². The van der Waals surface area contributed by atoms with E-state index in [1.54, 1.807) is 12.3 Å². The van der Waals surface area contributed by atoms with Crippen LogP contribution in [0.1, 0.15) is 50.6 Å². The van der Waals surface area contributed by atoms with E-state index in [9.17, 15) is 4.39 Å². The van der Waals surface area contributed by atoms with Crippen molar-refractivity contribution in [1.29, 1.82) is 0 Å². The number of likely N-dealkylation sites (N-methyl/N-ethyl adjacent to an activating group) is 1. The molecule has 0 spiro atoms. The van der Waals surface area contributed by atoms with Crippen molar-refractivity contribution in [3.63, 3.8) is 0 Å². The van der Waals surface area contributed by atoms with Gasteiger partial charge in [0.25, 0.3) is 0 Å².